The molecule has 2 nitrogen and oxygen atoms in total. The highest BCUT2D eigenvalue weighted by atomic mass is 19.1. The maximum absolute atomic E-state index is 13.1. The second kappa shape index (κ2) is 4.32. The molecule has 1 aliphatic rings. The number of hydrogen-bond acceptors (Lipinski definition) is 2. The molecule has 0 amide bonds. The average molecular weight is 222 g/mol. The van der Waals surface area contributed by atoms with Gasteiger partial charge in [-0.3, -0.25) is 0 Å². The molecular weight excluding hydrogens is 203 g/mol. The number of halogens is 1. The SMILES string of the molecule is CC1CCC(Nc2cc(F)ccc2N)C1C. The maximum Gasteiger partial charge on any atom is 0.125 e. The lowest BCUT2D eigenvalue weighted by molar-refractivity contribution is 0.435. The lowest BCUT2D eigenvalue weighted by Crippen LogP contribution is -2.24. The van der Waals surface area contributed by atoms with Gasteiger partial charge in [0.2, 0.25) is 0 Å². The molecule has 0 bridgehead atoms. The van der Waals surface area contributed by atoms with Gasteiger partial charge in [0.15, 0.2) is 0 Å². The fourth-order valence-electron chi connectivity index (χ4n) is 2.42. The number of nitrogens with one attached hydrogen (secondary N) is 1. The van der Waals surface area contributed by atoms with Gasteiger partial charge in [0.25, 0.3) is 0 Å². The fourth-order valence-corrected chi connectivity index (χ4v) is 2.42. The van der Waals surface area contributed by atoms with Gasteiger partial charge >= 0.3 is 0 Å². The second-order valence-electron chi connectivity index (χ2n) is 4.90. The summed E-state index contributed by atoms with van der Waals surface area (Å²) in [6.07, 6.45) is 2.37. The molecule has 16 heavy (non-hydrogen) atoms. The normalized spacial score (nSPS) is 29.3. The van der Waals surface area contributed by atoms with Gasteiger partial charge in [0, 0.05) is 6.04 Å². The highest BCUT2D eigenvalue weighted by Crippen LogP contribution is 2.34. The summed E-state index contributed by atoms with van der Waals surface area (Å²) >= 11 is 0. The number of benzene rings is 1. The smallest absolute Gasteiger partial charge is 0.125 e. The maximum atomic E-state index is 13.1. The van der Waals surface area contributed by atoms with Gasteiger partial charge in [-0.15, -0.1) is 0 Å². The quantitative estimate of drug-likeness (QED) is 0.754. The average Bonchev–Trinajstić information content (AvgIpc) is 2.55. The van der Waals surface area contributed by atoms with Crippen LogP contribution < -0.4 is 11.1 Å². The third kappa shape index (κ3) is 2.13. The van der Waals surface area contributed by atoms with Crippen LogP contribution in [0.2, 0.25) is 0 Å². The highest BCUT2D eigenvalue weighted by Gasteiger charge is 2.29. The summed E-state index contributed by atoms with van der Waals surface area (Å²) in [5, 5.41) is 3.37. The molecule has 1 aliphatic carbocycles. The van der Waals surface area contributed by atoms with Crippen molar-refractivity contribution < 1.29 is 4.39 Å². The van der Waals surface area contributed by atoms with Gasteiger partial charge in [-0.1, -0.05) is 13.8 Å². The van der Waals surface area contributed by atoms with Gasteiger partial charge < -0.3 is 11.1 Å². The van der Waals surface area contributed by atoms with E-state index in [0.717, 1.165) is 18.0 Å². The van der Waals surface area contributed by atoms with E-state index in [2.05, 4.69) is 19.2 Å². The van der Waals surface area contributed by atoms with Crippen LogP contribution in [0, 0.1) is 17.7 Å². The third-order valence-electron chi connectivity index (χ3n) is 3.82. The Morgan fingerprint density at radius 1 is 1.31 bits per heavy atom. The zero-order valence-electron chi connectivity index (χ0n) is 9.83. The second-order valence-corrected chi connectivity index (χ2v) is 4.90. The van der Waals surface area contributed by atoms with Crippen LogP contribution in [0.1, 0.15) is 26.7 Å². The summed E-state index contributed by atoms with van der Waals surface area (Å²) < 4.78 is 13.1. The van der Waals surface area contributed by atoms with Crippen molar-refractivity contribution in [2.45, 2.75) is 32.7 Å². The van der Waals surface area contributed by atoms with E-state index >= 15 is 0 Å². The zero-order chi connectivity index (χ0) is 11.7. The first kappa shape index (κ1) is 11.2. The summed E-state index contributed by atoms with van der Waals surface area (Å²) in [6, 6.07) is 4.89. The number of anilines is 2. The minimum Gasteiger partial charge on any atom is -0.397 e. The van der Waals surface area contributed by atoms with Gasteiger partial charge in [0.1, 0.15) is 5.82 Å². The van der Waals surface area contributed by atoms with E-state index in [1.54, 1.807) is 6.07 Å². The Morgan fingerprint density at radius 3 is 2.69 bits per heavy atom. The van der Waals surface area contributed by atoms with Crippen molar-refractivity contribution in [2.75, 3.05) is 11.1 Å². The molecular formula is C13H19FN2. The molecule has 3 N–H and O–H groups in total. The summed E-state index contributed by atoms with van der Waals surface area (Å²) in [4.78, 5) is 0. The molecule has 1 aromatic rings. The third-order valence-corrected chi connectivity index (χ3v) is 3.82. The van der Waals surface area contributed by atoms with Crippen LogP contribution in [-0.2, 0) is 0 Å². The van der Waals surface area contributed by atoms with Crippen molar-refractivity contribution in [1.29, 1.82) is 0 Å². The summed E-state index contributed by atoms with van der Waals surface area (Å²) in [6.45, 7) is 4.51. The van der Waals surface area contributed by atoms with Crippen molar-refractivity contribution in [3.63, 3.8) is 0 Å². The van der Waals surface area contributed by atoms with E-state index in [1.165, 1.54) is 18.6 Å². The standard InChI is InChI=1S/C13H19FN2/c1-8-3-6-12(9(8)2)16-13-7-10(14)4-5-11(13)15/h4-5,7-9,12,16H,3,6,15H2,1-2H3. The van der Waals surface area contributed by atoms with Crippen molar-refractivity contribution >= 4 is 11.4 Å². The summed E-state index contributed by atoms with van der Waals surface area (Å²) in [5.74, 6) is 1.10. The lowest BCUT2D eigenvalue weighted by atomic mass is 9.97. The Hall–Kier alpha value is -1.25. The number of nitrogen functional groups attached to an aromatic ring is 1. The first-order valence-electron chi connectivity index (χ1n) is 5.89. The number of nitrogens with two attached hydrogens (primary N) is 1. The Morgan fingerprint density at radius 2 is 2.06 bits per heavy atom. The molecule has 0 saturated heterocycles. The molecule has 0 heterocycles. The molecule has 0 radical (unpaired) electrons. The molecule has 0 aromatic heterocycles. The molecule has 2 rings (SSSR count). The van der Waals surface area contributed by atoms with E-state index < -0.39 is 0 Å². The van der Waals surface area contributed by atoms with E-state index in [0.29, 0.717) is 17.6 Å². The Kier molecular flexibility index (Phi) is 3.03. The topological polar surface area (TPSA) is 38.0 Å². The van der Waals surface area contributed by atoms with Crippen LogP contribution in [-0.4, -0.2) is 6.04 Å². The molecule has 0 aliphatic heterocycles. The molecule has 3 atom stereocenters. The van der Waals surface area contributed by atoms with Crippen LogP contribution >= 0.6 is 0 Å². The molecule has 88 valence electrons. The van der Waals surface area contributed by atoms with E-state index in [9.17, 15) is 4.39 Å². The van der Waals surface area contributed by atoms with Crippen LogP contribution in [0.3, 0.4) is 0 Å². The fraction of sp³-hybridized carbons (Fsp3) is 0.538. The molecule has 1 saturated carbocycles. The van der Waals surface area contributed by atoms with E-state index in [-0.39, 0.29) is 5.82 Å². The van der Waals surface area contributed by atoms with Gasteiger partial charge in [0.05, 0.1) is 11.4 Å². The van der Waals surface area contributed by atoms with Crippen LogP contribution in [0.5, 0.6) is 0 Å². The zero-order valence-corrected chi connectivity index (χ0v) is 9.83. The Balaban J connectivity index is 2.12. The summed E-state index contributed by atoms with van der Waals surface area (Å²) in [7, 11) is 0. The van der Waals surface area contributed by atoms with Gasteiger partial charge in [-0.25, -0.2) is 4.39 Å². The summed E-state index contributed by atoms with van der Waals surface area (Å²) in [5.41, 5.74) is 7.16. The van der Waals surface area contributed by atoms with E-state index in [4.69, 9.17) is 5.73 Å². The van der Waals surface area contributed by atoms with Crippen LogP contribution in [0.25, 0.3) is 0 Å². The van der Waals surface area contributed by atoms with Crippen molar-refractivity contribution in [3.05, 3.63) is 24.0 Å². The molecule has 1 fully saturated rings. The predicted octanol–water partition coefficient (Wildman–Crippen LogP) is 3.25. The van der Waals surface area contributed by atoms with E-state index in [1.807, 2.05) is 0 Å². The number of hydrogen-bond donors (Lipinski definition) is 2. The largest absolute Gasteiger partial charge is 0.397 e. The van der Waals surface area contributed by atoms with Gasteiger partial charge in [-0.05, 0) is 42.9 Å². The molecule has 1 aromatic carbocycles. The number of rotatable bonds is 2. The highest BCUT2D eigenvalue weighted by molar-refractivity contribution is 5.66. The molecule has 3 heteroatoms. The van der Waals surface area contributed by atoms with Gasteiger partial charge in [-0.2, -0.15) is 0 Å². The minimum atomic E-state index is -0.240. The van der Waals surface area contributed by atoms with Crippen LogP contribution in [0.15, 0.2) is 18.2 Å². The molecule has 0 spiro atoms. The van der Waals surface area contributed by atoms with Crippen molar-refractivity contribution in [3.8, 4) is 0 Å². The van der Waals surface area contributed by atoms with Crippen molar-refractivity contribution in [1.82, 2.24) is 0 Å². The Bertz CT molecular complexity index is 378. The monoisotopic (exact) mass is 222 g/mol. The Labute approximate surface area is 96.0 Å². The molecule has 3 unspecified atom stereocenters. The first-order chi connectivity index (χ1) is 7.58. The first-order valence-corrected chi connectivity index (χ1v) is 5.89. The van der Waals surface area contributed by atoms with Crippen molar-refractivity contribution in [2.24, 2.45) is 11.8 Å². The minimum absolute atomic E-state index is 0.240. The van der Waals surface area contributed by atoms with Crippen LogP contribution in [0.4, 0.5) is 15.8 Å². The lowest BCUT2D eigenvalue weighted by Gasteiger charge is -2.21. The predicted molar refractivity (Wildman–Crippen MR) is 65.8 cm³/mol.